The van der Waals surface area contributed by atoms with E-state index in [1.807, 2.05) is 0 Å². The summed E-state index contributed by atoms with van der Waals surface area (Å²) in [5.41, 5.74) is 6.41. The van der Waals surface area contributed by atoms with E-state index in [0.29, 0.717) is 11.3 Å². The number of carboxylic acid groups (broad SMARTS) is 1. The van der Waals surface area contributed by atoms with Crippen LogP contribution in [0.3, 0.4) is 0 Å². The van der Waals surface area contributed by atoms with Gasteiger partial charge in [-0.05, 0) is 24.1 Å². The van der Waals surface area contributed by atoms with Crippen molar-refractivity contribution in [1.82, 2.24) is 0 Å². The summed E-state index contributed by atoms with van der Waals surface area (Å²) in [7, 11) is 1.46. The molecule has 0 spiro atoms. The van der Waals surface area contributed by atoms with Crippen LogP contribution in [0.1, 0.15) is 24.9 Å². The quantitative estimate of drug-likeness (QED) is 0.826. The Labute approximate surface area is 99.2 Å². The largest absolute Gasteiger partial charge is 0.496 e. The summed E-state index contributed by atoms with van der Waals surface area (Å²) in [5.74, 6) is -1.18. The Morgan fingerprint density at radius 2 is 2.24 bits per heavy atom. The molecule has 0 amide bonds. The van der Waals surface area contributed by atoms with E-state index in [9.17, 15) is 9.18 Å². The molecule has 0 saturated carbocycles. The second kappa shape index (κ2) is 5.63. The summed E-state index contributed by atoms with van der Waals surface area (Å²) in [6.45, 7) is 1.71. The van der Waals surface area contributed by atoms with Gasteiger partial charge >= 0.3 is 5.97 Å². The second-order valence-electron chi connectivity index (χ2n) is 3.99. The predicted molar refractivity (Wildman–Crippen MR) is 61.3 cm³/mol. The van der Waals surface area contributed by atoms with Gasteiger partial charge in [-0.15, -0.1) is 0 Å². The van der Waals surface area contributed by atoms with Gasteiger partial charge in [0.1, 0.15) is 11.6 Å². The van der Waals surface area contributed by atoms with Crippen LogP contribution in [0, 0.1) is 11.7 Å². The molecule has 0 aliphatic heterocycles. The summed E-state index contributed by atoms with van der Waals surface area (Å²) in [6, 6.07) is 3.47. The first-order chi connectivity index (χ1) is 7.95. The average molecular weight is 241 g/mol. The number of carbonyl (C=O) groups is 1. The minimum atomic E-state index is -0.927. The van der Waals surface area contributed by atoms with Gasteiger partial charge in [-0.1, -0.05) is 6.92 Å². The van der Waals surface area contributed by atoms with Crippen molar-refractivity contribution in [3.63, 3.8) is 0 Å². The standard InChI is InChI=1S/C12H16FNO3/c1-7(5-11(15)16)12(14)9-6-8(13)3-4-10(9)17-2/h3-4,6-7,12H,5,14H2,1-2H3,(H,15,16). The normalized spacial score (nSPS) is 14.1. The summed E-state index contributed by atoms with van der Waals surface area (Å²) in [4.78, 5) is 10.6. The fourth-order valence-corrected chi connectivity index (χ4v) is 1.67. The van der Waals surface area contributed by atoms with E-state index in [2.05, 4.69) is 0 Å². The number of nitrogens with two attached hydrogens (primary N) is 1. The topological polar surface area (TPSA) is 72.5 Å². The van der Waals surface area contributed by atoms with Crippen LogP contribution in [0.25, 0.3) is 0 Å². The Bertz CT molecular complexity index is 409. The van der Waals surface area contributed by atoms with Crippen molar-refractivity contribution in [2.75, 3.05) is 7.11 Å². The van der Waals surface area contributed by atoms with Crippen LogP contribution in [0.5, 0.6) is 5.75 Å². The molecule has 0 radical (unpaired) electrons. The number of halogens is 1. The fourth-order valence-electron chi connectivity index (χ4n) is 1.67. The van der Waals surface area contributed by atoms with E-state index in [-0.39, 0.29) is 12.3 Å². The van der Waals surface area contributed by atoms with E-state index < -0.39 is 17.8 Å². The Morgan fingerprint density at radius 1 is 1.59 bits per heavy atom. The van der Waals surface area contributed by atoms with Crippen molar-refractivity contribution in [2.24, 2.45) is 11.7 Å². The van der Waals surface area contributed by atoms with Crippen molar-refractivity contribution in [1.29, 1.82) is 0 Å². The van der Waals surface area contributed by atoms with Crippen molar-refractivity contribution in [3.8, 4) is 5.75 Å². The molecule has 0 aromatic heterocycles. The molecule has 0 bridgehead atoms. The first kappa shape index (κ1) is 13.4. The molecule has 2 unspecified atom stereocenters. The fraction of sp³-hybridized carbons (Fsp3) is 0.417. The molecule has 0 aliphatic rings. The zero-order valence-corrected chi connectivity index (χ0v) is 9.81. The molecule has 0 aliphatic carbocycles. The smallest absolute Gasteiger partial charge is 0.303 e. The molecule has 3 N–H and O–H groups in total. The molecular weight excluding hydrogens is 225 g/mol. The van der Waals surface area contributed by atoms with Crippen LogP contribution in [0.4, 0.5) is 4.39 Å². The minimum absolute atomic E-state index is 0.0686. The molecule has 2 atom stereocenters. The van der Waals surface area contributed by atoms with Crippen molar-refractivity contribution in [3.05, 3.63) is 29.6 Å². The average Bonchev–Trinajstić information content (AvgIpc) is 2.27. The highest BCUT2D eigenvalue weighted by Crippen LogP contribution is 2.30. The highest BCUT2D eigenvalue weighted by atomic mass is 19.1. The summed E-state index contributed by atoms with van der Waals surface area (Å²) in [5, 5.41) is 8.70. The van der Waals surface area contributed by atoms with Gasteiger partial charge in [0.25, 0.3) is 0 Å². The maximum atomic E-state index is 13.1. The number of aliphatic carboxylic acids is 1. The molecule has 94 valence electrons. The lowest BCUT2D eigenvalue weighted by Gasteiger charge is -2.20. The summed E-state index contributed by atoms with van der Waals surface area (Å²) < 4.78 is 18.2. The third kappa shape index (κ3) is 3.42. The number of hydrogen-bond donors (Lipinski definition) is 2. The second-order valence-corrected chi connectivity index (χ2v) is 3.99. The van der Waals surface area contributed by atoms with Crippen LogP contribution in [0.15, 0.2) is 18.2 Å². The molecule has 1 aromatic rings. The predicted octanol–water partition coefficient (Wildman–Crippen LogP) is 1.94. The van der Waals surface area contributed by atoms with Gasteiger partial charge in [-0.3, -0.25) is 4.79 Å². The number of benzene rings is 1. The van der Waals surface area contributed by atoms with E-state index >= 15 is 0 Å². The van der Waals surface area contributed by atoms with E-state index in [0.717, 1.165) is 0 Å². The Hall–Kier alpha value is -1.62. The lowest BCUT2D eigenvalue weighted by atomic mass is 9.92. The van der Waals surface area contributed by atoms with Gasteiger partial charge in [0.05, 0.1) is 7.11 Å². The maximum absolute atomic E-state index is 13.1. The number of rotatable bonds is 5. The molecule has 0 fully saturated rings. The Balaban J connectivity index is 2.97. The van der Waals surface area contributed by atoms with E-state index in [1.165, 1.54) is 25.3 Å². The van der Waals surface area contributed by atoms with Gasteiger partial charge in [-0.25, -0.2) is 4.39 Å². The molecule has 17 heavy (non-hydrogen) atoms. The summed E-state index contributed by atoms with van der Waals surface area (Å²) >= 11 is 0. The third-order valence-electron chi connectivity index (χ3n) is 2.66. The van der Waals surface area contributed by atoms with Crippen molar-refractivity contribution in [2.45, 2.75) is 19.4 Å². The van der Waals surface area contributed by atoms with Gasteiger partial charge < -0.3 is 15.6 Å². The highest BCUT2D eigenvalue weighted by Gasteiger charge is 2.21. The van der Waals surface area contributed by atoms with Gasteiger partial charge in [-0.2, -0.15) is 0 Å². The highest BCUT2D eigenvalue weighted by molar-refractivity contribution is 5.67. The first-order valence-corrected chi connectivity index (χ1v) is 5.26. The molecule has 1 rings (SSSR count). The monoisotopic (exact) mass is 241 g/mol. The SMILES string of the molecule is COc1ccc(F)cc1C(N)C(C)CC(=O)O. The van der Waals surface area contributed by atoms with Crippen LogP contribution in [-0.2, 0) is 4.79 Å². The molecule has 5 heteroatoms. The minimum Gasteiger partial charge on any atom is -0.496 e. The van der Waals surface area contributed by atoms with Crippen LogP contribution >= 0.6 is 0 Å². The Morgan fingerprint density at radius 3 is 2.76 bits per heavy atom. The molecular formula is C12H16FNO3. The lowest BCUT2D eigenvalue weighted by Crippen LogP contribution is -2.22. The number of hydrogen-bond acceptors (Lipinski definition) is 3. The molecule has 0 saturated heterocycles. The number of methoxy groups -OCH3 is 1. The van der Waals surface area contributed by atoms with E-state index in [4.69, 9.17) is 15.6 Å². The first-order valence-electron chi connectivity index (χ1n) is 5.26. The van der Waals surface area contributed by atoms with Gasteiger partial charge in [0.2, 0.25) is 0 Å². The van der Waals surface area contributed by atoms with Gasteiger partial charge in [0, 0.05) is 18.0 Å². The van der Waals surface area contributed by atoms with Crippen molar-refractivity contribution < 1.29 is 19.0 Å². The molecule has 0 heterocycles. The van der Waals surface area contributed by atoms with Crippen LogP contribution in [0.2, 0.25) is 0 Å². The number of carboxylic acids is 1. The maximum Gasteiger partial charge on any atom is 0.303 e. The lowest BCUT2D eigenvalue weighted by molar-refractivity contribution is -0.138. The molecule has 1 aromatic carbocycles. The van der Waals surface area contributed by atoms with Gasteiger partial charge in [0.15, 0.2) is 0 Å². The molecule has 4 nitrogen and oxygen atoms in total. The summed E-state index contributed by atoms with van der Waals surface area (Å²) in [6.07, 6.45) is -0.0686. The number of ether oxygens (including phenoxy) is 1. The van der Waals surface area contributed by atoms with Crippen molar-refractivity contribution >= 4 is 5.97 Å². The van der Waals surface area contributed by atoms with Crippen LogP contribution < -0.4 is 10.5 Å². The van der Waals surface area contributed by atoms with E-state index in [1.54, 1.807) is 6.92 Å². The zero-order chi connectivity index (χ0) is 13.0. The van der Waals surface area contributed by atoms with Crippen LogP contribution in [-0.4, -0.2) is 18.2 Å². The third-order valence-corrected chi connectivity index (χ3v) is 2.66. The Kier molecular flexibility index (Phi) is 4.45. The zero-order valence-electron chi connectivity index (χ0n) is 9.81.